The highest BCUT2D eigenvalue weighted by molar-refractivity contribution is 5.98. The predicted molar refractivity (Wildman–Crippen MR) is 101 cm³/mol. The molecule has 3 aromatic rings. The zero-order chi connectivity index (χ0) is 18.2. The van der Waals surface area contributed by atoms with Crippen LogP contribution in [-0.2, 0) is 11.2 Å². The standard InChI is InChI=1S/C12H10O.C10H12O2/c1-9(13)11-7-6-10-4-2-3-5-12(10)8-11;1-8(11)2-3-9-4-6-10(12)7-5-9/h2-8H,1H3;4-7,12H,2-3H2,1H3. The Bertz CT molecular complexity index is 864. The van der Waals surface area contributed by atoms with Gasteiger partial charge in [0.2, 0.25) is 0 Å². The quantitative estimate of drug-likeness (QED) is 0.686. The third-order valence-corrected chi connectivity index (χ3v) is 3.86. The summed E-state index contributed by atoms with van der Waals surface area (Å²) < 4.78 is 0. The highest BCUT2D eigenvalue weighted by Gasteiger charge is 1.99. The summed E-state index contributed by atoms with van der Waals surface area (Å²) in [6.45, 7) is 3.17. The number of aryl methyl sites for hydroxylation is 1. The molecule has 0 saturated heterocycles. The lowest BCUT2D eigenvalue weighted by Crippen LogP contribution is -1.93. The van der Waals surface area contributed by atoms with Gasteiger partial charge in [-0.1, -0.05) is 48.5 Å². The summed E-state index contributed by atoms with van der Waals surface area (Å²) in [5.41, 5.74) is 1.86. The molecule has 25 heavy (non-hydrogen) atoms. The number of hydrogen-bond donors (Lipinski definition) is 1. The molecule has 0 amide bonds. The number of phenolic OH excluding ortho intramolecular Hbond substituents is 1. The molecule has 0 bridgehead atoms. The van der Waals surface area contributed by atoms with Crippen LogP contribution in [0.3, 0.4) is 0 Å². The Morgan fingerprint density at radius 1 is 0.840 bits per heavy atom. The van der Waals surface area contributed by atoms with Gasteiger partial charge in [0.15, 0.2) is 5.78 Å². The van der Waals surface area contributed by atoms with Gasteiger partial charge in [-0.3, -0.25) is 4.79 Å². The minimum Gasteiger partial charge on any atom is -0.508 e. The van der Waals surface area contributed by atoms with Crippen molar-refractivity contribution in [3.8, 4) is 5.75 Å². The molecule has 128 valence electrons. The highest BCUT2D eigenvalue weighted by atomic mass is 16.3. The number of aromatic hydroxyl groups is 1. The third-order valence-electron chi connectivity index (χ3n) is 3.86. The van der Waals surface area contributed by atoms with Crippen LogP contribution < -0.4 is 0 Å². The van der Waals surface area contributed by atoms with E-state index in [1.165, 1.54) is 5.39 Å². The fourth-order valence-corrected chi connectivity index (χ4v) is 2.39. The molecule has 0 unspecified atom stereocenters. The minimum absolute atomic E-state index is 0.116. The van der Waals surface area contributed by atoms with Crippen molar-refractivity contribution in [1.82, 2.24) is 0 Å². The summed E-state index contributed by atoms with van der Waals surface area (Å²) in [5.74, 6) is 0.579. The normalized spacial score (nSPS) is 10.0. The van der Waals surface area contributed by atoms with Gasteiger partial charge in [0, 0.05) is 12.0 Å². The maximum Gasteiger partial charge on any atom is 0.159 e. The molecule has 3 rings (SSSR count). The highest BCUT2D eigenvalue weighted by Crippen LogP contribution is 2.15. The van der Waals surface area contributed by atoms with Gasteiger partial charge in [0.25, 0.3) is 0 Å². The first kappa shape index (κ1) is 18.4. The Labute approximate surface area is 147 Å². The predicted octanol–water partition coefficient (Wildman–Crippen LogP) is 4.96. The molecule has 0 aromatic heterocycles. The van der Waals surface area contributed by atoms with E-state index >= 15 is 0 Å². The molecule has 0 fully saturated rings. The van der Waals surface area contributed by atoms with Gasteiger partial charge in [-0.15, -0.1) is 0 Å². The summed E-state index contributed by atoms with van der Waals surface area (Å²) in [5, 5.41) is 11.3. The lowest BCUT2D eigenvalue weighted by Gasteiger charge is -1.99. The molecule has 0 aliphatic heterocycles. The summed E-state index contributed by atoms with van der Waals surface area (Å²) in [6.07, 6.45) is 1.33. The van der Waals surface area contributed by atoms with Crippen molar-refractivity contribution in [3.05, 3.63) is 77.9 Å². The minimum atomic E-state index is 0.116. The van der Waals surface area contributed by atoms with E-state index in [4.69, 9.17) is 5.11 Å². The average molecular weight is 334 g/mol. The van der Waals surface area contributed by atoms with Crippen LogP contribution in [0.15, 0.2) is 66.7 Å². The van der Waals surface area contributed by atoms with Gasteiger partial charge < -0.3 is 9.90 Å². The van der Waals surface area contributed by atoms with E-state index in [-0.39, 0.29) is 17.3 Å². The lowest BCUT2D eigenvalue weighted by atomic mass is 10.1. The van der Waals surface area contributed by atoms with Crippen molar-refractivity contribution in [2.24, 2.45) is 0 Å². The first-order chi connectivity index (χ1) is 12.0. The smallest absolute Gasteiger partial charge is 0.159 e. The summed E-state index contributed by atoms with van der Waals surface area (Å²) in [4.78, 5) is 21.7. The Kier molecular flexibility index (Phi) is 6.47. The molecule has 0 atom stereocenters. The average Bonchev–Trinajstić information content (AvgIpc) is 2.61. The zero-order valence-corrected chi connectivity index (χ0v) is 14.5. The van der Waals surface area contributed by atoms with Crippen LogP contribution in [-0.4, -0.2) is 16.7 Å². The van der Waals surface area contributed by atoms with Gasteiger partial charge >= 0.3 is 0 Å². The number of carbonyl (C=O) groups is 2. The monoisotopic (exact) mass is 334 g/mol. The lowest BCUT2D eigenvalue weighted by molar-refractivity contribution is -0.116. The Hall–Kier alpha value is -2.94. The van der Waals surface area contributed by atoms with Gasteiger partial charge in [0.1, 0.15) is 11.5 Å². The maximum atomic E-state index is 11.1. The topological polar surface area (TPSA) is 54.4 Å². The van der Waals surface area contributed by atoms with E-state index in [0.29, 0.717) is 6.42 Å². The number of fused-ring (bicyclic) bond motifs is 1. The SMILES string of the molecule is CC(=O)CCc1ccc(O)cc1.CC(=O)c1ccc2ccccc2c1. The van der Waals surface area contributed by atoms with Crippen molar-refractivity contribution < 1.29 is 14.7 Å². The van der Waals surface area contributed by atoms with Crippen molar-refractivity contribution in [3.63, 3.8) is 0 Å². The molecule has 1 N–H and O–H groups in total. The van der Waals surface area contributed by atoms with E-state index in [1.54, 1.807) is 26.0 Å². The first-order valence-corrected chi connectivity index (χ1v) is 8.23. The van der Waals surface area contributed by atoms with E-state index < -0.39 is 0 Å². The third kappa shape index (κ3) is 5.88. The number of rotatable bonds is 4. The fraction of sp³-hybridized carbons (Fsp3) is 0.182. The number of benzene rings is 3. The molecule has 3 heteroatoms. The number of ketones is 2. The molecular weight excluding hydrogens is 312 g/mol. The second-order valence-corrected chi connectivity index (χ2v) is 5.99. The molecule has 0 spiro atoms. The molecule has 0 radical (unpaired) electrons. The van der Waals surface area contributed by atoms with Crippen LogP contribution in [0.2, 0.25) is 0 Å². The molecule has 3 nitrogen and oxygen atoms in total. The van der Waals surface area contributed by atoms with Crippen molar-refractivity contribution in [2.45, 2.75) is 26.7 Å². The molecule has 0 saturated carbocycles. The van der Waals surface area contributed by atoms with Crippen molar-refractivity contribution in [1.29, 1.82) is 0 Å². The summed E-state index contributed by atoms with van der Waals surface area (Å²) in [7, 11) is 0. The largest absolute Gasteiger partial charge is 0.508 e. The maximum absolute atomic E-state index is 11.1. The van der Waals surface area contributed by atoms with E-state index in [0.717, 1.165) is 22.9 Å². The summed E-state index contributed by atoms with van der Waals surface area (Å²) >= 11 is 0. The summed E-state index contributed by atoms with van der Waals surface area (Å²) in [6, 6.07) is 20.7. The zero-order valence-electron chi connectivity index (χ0n) is 14.5. The van der Waals surface area contributed by atoms with Crippen LogP contribution in [0.4, 0.5) is 0 Å². The van der Waals surface area contributed by atoms with E-state index in [1.807, 2.05) is 54.6 Å². The number of hydrogen-bond acceptors (Lipinski definition) is 3. The van der Waals surface area contributed by atoms with Gasteiger partial charge in [0.05, 0.1) is 0 Å². The first-order valence-electron chi connectivity index (χ1n) is 8.23. The van der Waals surface area contributed by atoms with Crippen molar-refractivity contribution >= 4 is 22.3 Å². The van der Waals surface area contributed by atoms with E-state index in [2.05, 4.69) is 0 Å². The molecular formula is C22H22O3. The molecule has 0 aliphatic rings. The molecule has 0 aliphatic carbocycles. The number of phenols is 1. The fourth-order valence-electron chi connectivity index (χ4n) is 2.39. The Morgan fingerprint density at radius 2 is 1.48 bits per heavy atom. The Balaban J connectivity index is 0.000000181. The number of Topliss-reactive ketones (excluding diaryl/α,β-unsaturated/α-hetero) is 2. The van der Waals surface area contributed by atoms with Crippen LogP contribution >= 0.6 is 0 Å². The molecule has 3 aromatic carbocycles. The van der Waals surface area contributed by atoms with Crippen LogP contribution in [0.1, 0.15) is 36.2 Å². The number of carbonyl (C=O) groups excluding carboxylic acids is 2. The Morgan fingerprint density at radius 3 is 2.08 bits per heavy atom. The van der Waals surface area contributed by atoms with E-state index in [9.17, 15) is 9.59 Å². The van der Waals surface area contributed by atoms with Gasteiger partial charge in [-0.25, -0.2) is 0 Å². The van der Waals surface area contributed by atoms with Crippen molar-refractivity contribution in [2.75, 3.05) is 0 Å². The van der Waals surface area contributed by atoms with Gasteiger partial charge in [-0.05, 0) is 54.8 Å². The molecule has 0 heterocycles. The van der Waals surface area contributed by atoms with Crippen LogP contribution in [0.25, 0.3) is 10.8 Å². The second-order valence-electron chi connectivity index (χ2n) is 5.99. The van der Waals surface area contributed by atoms with Crippen LogP contribution in [0.5, 0.6) is 5.75 Å². The van der Waals surface area contributed by atoms with Gasteiger partial charge in [-0.2, -0.15) is 0 Å². The van der Waals surface area contributed by atoms with Crippen LogP contribution in [0, 0.1) is 0 Å². The second kappa shape index (κ2) is 8.78.